The van der Waals surface area contributed by atoms with E-state index in [1.165, 1.54) is 4.90 Å². The Morgan fingerprint density at radius 1 is 1.07 bits per heavy atom. The van der Waals surface area contributed by atoms with Crippen LogP contribution in [-0.2, 0) is 4.79 Å². The van der Waals surface area contributed by atoms with Gasteiger partial charge in [0.15, 0.2) is 11.5 Å². The van der Waals surface area contributed by atoms with Crippen molar-refractivity contribution in [2.75, 3.05) is 32.6 Å². The highest BCUT2D eigenvalue weighted by Gasteiger charge is 2.29. The highest BCUT2D eigenvalue weighted by molar-refractivity contribution is 5.99. The van der Waals surface area contributed by atoms with Gasteiger partial charge in [0.1, 0.15) is 17.5 Å². The van der Waals surface area contributed by atoms with Crippen molar-refractivity contribution in [1.29, 1.82) is 0 Å². The van der Waals surface area contributed by atoms with Crippen molar-refractivity contribution in [3.63, 3.8) is 0 Å². The number of ether oxygens (including phenoxy) is 3. The summed E-state index contributed by atoms with van der Waals surface area (Å²) in [4.78, 5) is 25.3. The molecular formula is C20H23N3O5. The molecule has 0 aromatic heterocycles. The molecule has 0 saturated carbocycles. The zero-order chi connectivity index (χ0) is 20.1. The average Bonchev–Trinajstić information content (AvgIpc) is 3.14. The van der Waals surface area contributed by atoms with E-state index in [1.54, 1.807) is 63.6 Å². The third kappa shape index (κ3) is 4.28. The molecule has 0 radical (unpaired) electrons. The lowest BCUT2D eigenvalue weighted by atomic mass is 10.2. The standard InChI is InChI=1S/C20H23N3O5/c1-13(19(24)23-11-10-21-20(23)25)22-14-4-9-17(27-3)18(12-14)28-16-7-5-15(26-2)6-8-16/h4-9,12-13,22H,10-11H2,1-3H3,(H,21,25)/t13-/m1/s1. The molecular weight excluding hydrogens is 362 g/mol. The first-order chi connectivity index (χ1) is 13.5. The molecule has 3 amide bonds. The summed E-state index contributed by atoms with van der Waals surface area (Å²) in [6, 6.07) is 11.5. The molecule has 1 heterocycles. The highest BCUT2D eigenvalue weighted by Crippen LogP contribution is 2.34. The van der Waals surface area contributed by atoms with Crippen LogP contribution >= 0.6 is 0 Å². The van der Waals surface area contributed by atoms with Gasteiger partial charge in [0, 0.05) is 24.8 Å². The number of rotatable bonds is 7. The molecule has 2 aromatic carbocycles. The minimum atomic E-state index is -0.578. The van der Waals surface area contributed by atoms with Gasteiger partial charge in [-0.1, -0.05) is 0 Å². The van der Waals surface area contributed by atoms with Crippen LogP contribution in [0.15, 0.2) is 42.5 Å². The Morgan fingerprint density at radius 3 is 2.39 bits per heavy atom. The Morgan fingerprint density at radius 2 is 1.79 bits per heavy atom. The summed E-state index contributed by atoms with van der Waals surface area (Å²) in [5.41, 5.74) is 0.671. The van der Waals surface area contributed by atoms with E-state index in [4.69, 9.17) is 14.2 Å². The molecule has 2 aromatic rings. The molecule has 8 heteroatoms. The second kappa shape index (κ2) is 8.51. The molecule has 1 saturated heterocycles. The fraction of sp³-hybridized carbons (Fsp3) is 0.300. The molecule has 0 bridgehead atoms. The lowest BCUT2D eigenvalue weighted by Crippen LogP contribution is -2.43. The smallest absolute Gasteiger partial charge is 0.324 e. The predicted molar refractivity (Wildman–Crippen MR) is 104 cm³/mol. The third-order valence-electron chi connectivity index (χ3n) is 4.33. The minimum absolute atomic E-state index is 0.288. The normalized spacial score (nSPS) is 14.2. The number of benzene rings is 2. The number of imide groups is 1. The molecule has 1 aliphatic rings. The summed E-state index contributed by atoms with van der Waals surface area (Å²) in [5, 5.41) is 5.73. The van der Waals surface area contributed by atoms with Crippen LogP contribution in [-0.4, -0.2) is 50.2 Å². The van der Waals surface area contributed by atoms with Gasteiger partial charge in [0.2, 0.25) is 0 Å². The molecule has 1 aliphatic heterocycles. The SMILES string of the molecule is COc1ccc(Oc2cc(N[C@H](C)C(=O)N3CCNC3=O)ccc2OC)cc1. The van der Waals surface area contributed by atoms with Crippen molar-refractivity contribution in [3.8, 4) is 23.0 Å². The van der Waals surface area contributed by atoms with Gasteiger partial charge in [-0.3, -0.25) is 9.69 Å². The molecule has 0 unspecified atom stereocenters. The Kier molecular flexibility index (Phi) is 5.88. The first kappa shape index (κ1) is 19.3. The topological polar surface area (TPSA) is 89.1 Å². The molecule has 148 valence electrons. The van der Waals surface area contributed by atoms with Crippen LogP contribution in [0.3, 0.4) is 0 Å². The number of hydrogen-bond acceptors (Lipinski definition) is 6. The number of anilines is 1. The van der Waals surface area contributed by atoms with Gasteiger partial charge in [-0.2, -0.15) is 0 Å². The lowest BCUT2D eigenvalue weighted by Gasteiger charge is -2.20. The summed E-state index contributed by atoms with van der Waals surface area (Å²) in [5.74, 6) is 2.11. The molecule has 0 spiro atoms. The van der Waals surface area contributed by atoms with Crippen LogP contribution in [0.1, 0.15) is 6.92 Å². The Bertz CT molecular complexity index is 853. The van der Waals surface area contributed by atoms with Gasteiger partial charge in [0.25, 0.3) is 5.91 Å². The van der Waals surface area contributed by atoms with Crippen molar-refractivity contribution in [1.82, 2.24) is 10.2 Å². The molecule has 1 fully saturated rings. The number of nitrogens with zero attached hydrogens (tertiary/aromatic N) is 1. The number of nitrogens with one attached hydrogen (secondary N) is 2. The zero-order valence-electron chi connectivity index (χ0n) is 16.0. The van der Waals surface area contributed by atoms with Gasteiger partial charge < -0.3 is 24.8 Å². The van der Waals surface area contributed by atoms with E-state index >= 15 is 0 Å². The second-order valence-electron chi connectivity index (χ2n) is 6.23. The minimum Gasteiger partial charge on any atom is -0.497 e. The van der Waals surface area contributed by atoms with Crippen molar-refractivity contribution in [2.45, 2.75) is 13.0 Å². The Labute approximate surface area is 163 Å². The fourth-order valence-corrected chi connectivity index (χ4v) is 2.84. The number of methoxy groups -OCH3 is 2. The van der Waals surface area contributed by atoms with Crippen LogP contribution in [0.5, 0.6) is 23.0 Å². The average molecular weight is 385 g/mol. The number of carbonyl (C=O) groups is 2. The quantitative estimate of drug-likeness (QED) is 0.762. The first-order valence-corrected chi connectivity index (χ1v) is 8.87. The number of carbonyl (C=O) groups excluding carboxylic acids is 2. The van der Waals surface area contributed by atoms with Crippen LogP contribution in [0.2, 0.25) is 0 Å². The molecule has 2 N–H and O–H groups in total. The maximum Gasteiger partial charge on any atom is 0.324 e. The van der Waals surface area contributed by atoms with Gasteiger partial charge in [-0.05, 0) is 43.3 Å². The fourth-order valence-electron chi connectivity index (χ4n) is 2.84. The Hall–Kier alpha value is -3.42. The number of amides is 3. The van der Waals surface area contributed by atoms with E-state index in [0.717, 1.165) is 5.75 Å². The summed E-state index contributed by atoms with van der Waals surface area (Å²) < 4.78 is 16.4. The van der Waals surface area contributed by atoms with Gasteiger partial charge in [0.05, 0.1) is 14.2 Å². The van der Waals surface area contributed by atoms with Gasteiger partial charge >= 0.3 is 6.03 Å². The van der Waals surface area contributed by atoms with Crippen molar-refractivity contribution in [3.05, 3.63) is 42.5 Å². The summed E-state index contributed by atoms with van der Waals surface area (Å²) in [6.45, 7) is 2.56. The van der Waals surface area contributed by atoms with E-state index in [0.29, 0.717) is 36.0 Å². The molecule has 3 rings (SSSR count). The predicted octanol–water partition coefficient (Wildman–Crippen LogP) is 2.85. The van der Waals surface area contributed by atoms with Crippen molar-refractivity contribution < 1.29 is 23.8 Å². The largest absolute Gasteiger partial charge is 0.497 e. The molecule has 1 atom stereocenters. The van der Waals surface area contributed by atoms with E-state index in [1.807, 2.05) is 0 Å². The molecule has 0 aliphatic carbocycles. The van der Waals surface area contributed by atoms with Crippen LogP contribution in [0, 0.1) is 0 Å². The van der Waals surface area contributed by atoms with E-state index in [-0.39, 0.29) is 11.9 Å². The van der Waals surface area contributed by atoms with Gasteiger partial charge in [-0.25, -0.2) is 4.79 Å². The number of urea groups is 1. The summed E-state index contributed by atoms with van der Waals surface area (Å²) in [6.07, 6.45) is 0. The highest BCUT2D eigenvalue weighted by atomic mass is 16.5. The van der Waals surface area contributed by atoms with E-state index < -0.39 is 6.04 Å². The monoisotopic (exact) mass is 385 g/mol. The number of hydrogen-bond donors (Lipinski definition) is 2. The second-order valence-corrected chi connectivity index (χ2v) is 6.23. The van der Waals surface area contributed by atoms with Crippen molar-refractivity contribution in [2.24, 2.45) is 0 Å². The molecule has 28 heavy (non-hydrogen) atoms. The Balaban J connectivity index is 1.74. The van der Waals surface area contributed by atoms with E-state index in [2.05, 4.69) is 10.6 Å². The van der Waals surface area contributed by atoms with Gasteiger partial charge in [-0.15, -0.1) is 0 Å². The lowest BCUT2D eigenvalue weighted by molar-refractivity contribution is -0.128. The first-order valence-electron chi connectivity index (χ1n) is 8.87. The summed E-state index contributed by atoms with van der Waals surface area (Å²) >= 11 is 0. The van der Waals surface area contributed by atoms with E-state index in [9.17, 15) is 9.59 Å². The molecule has 8 nitrogen and oxygen atoms in total. The van der Waals surface area contributed by atoms with Crippen LogP contribution in [0.25, 0.3) is 0 Å². The van der Waals surface area contributed by atoms with Crippen LogP contribution in [0.4, 0.5) is 10.5 Å². The maximum absolute atomic E-state index is 12.5. The third-order valence-corrected chi connectivity index (χ3v) is 4.33. The summed E-state index contributed by atoms with van der Waals surface area (Å²) in [7, 11) is 3.16. The van der Waals surface area contributed by atoms with Crippen LogP contribution < -0.4 is 24.8 Å². The van der Waals surface area contributed by atoms with Crippen molar-refractivity contribution >= 4 is 17.6 Å². The zero-order valence-corrected chi connectivity index (χ0v) is 16.0. The maximum atomic E-state index is 12.5.